The van der Waals surface area contributed by atoms with Gasteiger partial charge in [0, 0.05) is 17.8 Å². The molecule has 2 amide bonds. The molecule has 3 aromatic rings. The molecule has 0 unspecified atom stereocenters. The first-order valence-corrected chi connectivity index (χ1v) is 10.0. The number of anilines is 2. The van der Waals surface area contributed by atoms with Crippen molar-refractivity contribution in [3.8, 4) is 11.5 Å². The number of para-hydroxylation sites is 1. The van der Waals surface area contributed by atoms with E-state index in [1.165, 1.54) is 5.56 Å². The number of ether oxygens (including phenoxy) is 1. The molecule has 0 bridgehead atoms. The molecule has 0 saturated carbocycles. The Bertz CT molecular complexity index is 861. The summed E-state index contributed by atoms with van der Waals surface area (Å²) in [6, 6.07) is 24.5. The minimum absolute atomic E-state index is 0.00623. The van der Waals surface area contributed by atoms with Crippen molar-refractivity contribution in [2.24, 2.45) is 0 Å². The Hall–Kier alpha value is -3.60. The van der Waals surface area contributed by atoms with E-state index in [9.17, 15) is 9.59 Å². The lowest BCUT2D eigenvalue weighted by Crippen LogP contribution is -2.08. The third kappa shape index (κ3) is 9.55. The van der Waals surface area contributed by atoms with Crippen LogP contribution in [0.1, 0.15) is 32.8 Å². The molecule has 0 aliphatic heterocycles. The second-order valence-corrected chi connectivity index (χ2v) is 5.97. The number of carbonyl (C=O) groups is 2. The van der Waals surface area contributed by atoms with Crippen LogP contribution in [0.2, 0.25) is 0 Å². The molecule has 3 aromatic carbocycles. The van der Waals surface area contributed by atoms with Crippen molar-refractivity contribution in [2.45, 2.75) is 34.1 Å². The number of amides is 2. The molecular weight excluding hydrogens is 376 g/mol. The first kappa shape index (κ1) is 24.4. The monoisotopic (exact) mass is 406 g/mol. The maximum atomic E-state index is 11.2. The van der Waals surface area contributed by atoms with Crippen molar-refractivity contribution in [2.75, 3.05) is 10.6 Å². The molecule has 0 atom stereocenters. The largest absolute Gasteiger partial charge is 0.457 e. The third-order valence-electron chi connectivity index (χ3n) is 3.72. The highest BCUT2D eigenvalue weighted by Crippen LogP contribution is 2.22. The second-order valence-electron chi connectivity index (χ2n) is 5.97. The van der Waals surface area contributed by atoms with Gasteiger partial charge in [0.2, 0.25) is 12.3 Å². The van der Waals surface area contributed by atoms with Crippen LogP contribution in [-0.4, -0.2) is 12.3 Å². The Morgan fingerprint density at radius 3 is 1.90 bits per heavy atom. The van der Waals surface area contributed by atoms with Crippen molar-refractivity contribution < 1.29 is 14.3 Å². The van der Waals surface area contributed by atoms with Gasteiger partial charge in [0.1, 0.15) is 11.5 Å². The van der Waals surface area contributed by atoms with E-state index < -0.39 is 0 Å². The molecule has 0 fully saturated rings. The summed E-state index contributed by atoms with van der Waals surface area (Å²) in [6.07, 6.45) is 1.15. The van der Waals surface area contributed by atoms with Crippen LogP contribution in [0.4, 0.5) is 11.4 Å². The molecule has 0 aliphatic rings. The standard InChI is InChI=1S/C15H15NO2.C8H9NO.C2H6/c1-2-15(17)16-12-8-10-14(11-9-12)18-13-6-4-3-5-7-13;1-7-2-4-8(5-3-7)9-6-10;1-2/h3-11H,2H2,1H3,(H,16,17);2-6H,1H3,(H,9,10);1-2H3. The van der Waals surface area contributed by atoms with Crippen LogP contribution >= 0.6 is 0 Å². The Morgan fingerprint density at radius 1 is 0.833 bits per heavy atom. The van der Waals surface area contributed by atoms with Crippen molar-refractivity contribution in [1.29, 1.82) is 0 Å². The quantitative estimate of drug-likeness (QED) is 0.464. The SMILES string of the molecule is CC.CCC(=O)Nc1ccc(Oc2ccccc2)cc1.Cc1ccc(NC=O)cc1. The zero-order valence-electron chi connectivity index (χ0n) is 18.0. The summed E-state index contributed by atoms with van der Waals surface area (Å²) in [4.78, 5) is 21.2. The average molecular weight is 407 g/mol. The molecule has 5 heteroatoms. The number of hydrogen-bond acceptors (Lipinski definition) is 3. The maximum Gasteiger partial charge on any atom is 0.224 e. The van der Waals surface area contributed by atoms with E-state index in [-0.39, 0.29) is 5.91 Å². The number of nitrogens with one attached hydrogen (secondary N) is 2. The molecule has 0 aliphatic carbocycles. The van der Waals surface area contributed by atoms with Gasteiger partial charge >= 0.3 is 0 Å². The fourth-order valence-corrected chi connectivity index (χ4v) is 2.20. The Kier molecular flexibility index (Phi) is 11.7. The lowest BCUT2D eigenvalue weighted by atomic mass is 10.2. The number of rotatable bonds is 6. The zero-order chi connectivity index (χ0) is 22.2. The Morgan fingerprint density at radius 2 is 1.37 bits per heavy atom. The van der Waals surface area contributed by atoms with Crippen LogP contribution in [0, 0.1) is 6.92 Å². The van der Waals surface area contributed by atoms with E-state index in [0.717, 1.165) is 22.9 Å². The predicted octanol–water partition coefficient (Wildman–Crippen LogP) is 6.42. The Labute approximate surface area is 179 Å². The zero-order valence-corrected chi connectivity index (χ0v) is 18.0. The van der Waals surface area contributed by atoms with Gasteiger partial charge in [0.25, 0.3) is 0 Å². The fraction of sp³-hybridized carbons (Fsp3) is 0.200. The van der Waals surface area contributed by atoms with Crippen molar-refractivity contribution in [3.63, 3.8) is 0 Å². The minimum atomic E-state index is 0.00623. The van der Waals surface area contributed by atoms with Crippen LogP contribution in [0.25, 0.3) is 0 Å². The van der Waals surface area contributed by atoms with Crippen molar-refractivity contribution >= 4 is 23.7 Å². The summed E-state index contributed by atoms with van der Waals surface area (Å²) < 4.78 is 5.65. The molecule has 5 nitrogen and oxygen atoms in total. The average Bonchev–Trinajstić information content (AvgIpc) is 2.79. The van der Waals surface area contributed by atoms with Gasteiger partial charge in [-0.15, -0.1) is 0 Å². The van der Waals surface area contributed by atoms with E-state index in [2.05, 4.69) is 10.6 Å². The molecule has 158 valence electrons. The predicted molar refractivity (Wildman–Crippen MR) is 124 cm³/mol. The first-order chi connectivity index (χ1) is 14.6. The lowest BCUT2D eigenvalue weighted by Gasteiger charge is -2.07. The molecule has 0 spiro atoms. The van der Waals surface area contributed by atoms with Crippen LogP contribution in [0.3, 0.4) is 0 Å². The molecule has 2 N–H and O–H groups in total. The molecule has 0 radical (unpaired) electrons. The molecule has 0 heterocycles. The summed E-state index contributed by atoms with van der Waals surface area (Å²) in [7, 11) is 0. The lowest BCUT2D eigenvalue weighted by molar-refractivity contribution is -0.115. The van der Waals surface area contributed by atoms with Gasteiger partial charge in [-0.2, -0.15) is 0 Å². The Balaban J connectivity index is 0.000000318. The van der Waals surface area contributed by atoms with Gasteiger partial charge in [-0.3, -0.25) is 9.59 Å². The van der Waals surface area contributed by atoms with Crippen LogP contribution < -0.4 is 15.4 Å². The maximum absolute atomic E-state index is 11.2. The minimum Gasteiger partial charge on any atom is -0.457 e. The molecule has 3 rings (SSSR count). The topological polar surface area (TPSA) is 67.4 Å². The number of hydrogen-bond donors (Lipinski definition) is 2. The van der Waals surface area contributed by atoms with E-state index in [4.69, 9.17) is 4.74 Å². The summed E-state index contributed by atoms with van der Waals surface area (Å²) in [5.74, 6) is 1.55. The summed E-state index contributed by atoms with van der Waals surface area (Å²) in [6.45, 7) is 7.83. The molecular formula is C25H30N2O3. The number of benzene rings is 3. The van der Waals surface area contributed by atoms with E-state index in [1.54, 1.807) is 0 Å². The van der Waals surface area contributed by atoms with Gasteiger partial charge < -0.3 is 15.4 Å². The van der Waals surface area contributed by atoms with Gasteiger partial charge in [-0.25, -0.2) is 0 Å². The van der Waals surface area contributed by atoms with Gasteiger partial charge in [-0.1, -0.05) is 56.7 Å². The van der Waals surface area contributed by atoms with Crippen LogP contribution in [0.15, 0.2) is 78.9 Å². The second kappa shape index (κ2) is 14.4. The molecule has 30 heavy (non-hydrogen) atoms. The highest BCUT2D eigenvalue weighted by atomic mass is 16.5. The van der Waals surface area contributed by atoms with Gasteiger partial charge in [-0.05, 0) is 55.5 Å². The highest BCUT2D eigenvalue weighted by Gasteiger charge is 2.00. The van der Waals surface area contributed by atoms with E-state index >= 15 is 0 Å². The van der Waals surface area contributed by atoms with Crippen molar-refractivity contribution in [3.05, 3.63) is 84.4 Å². The molecule has 0 aromatic heterocycles. The first-order valence-electron chi connectivity index (χ1n) is 10.0. The van der Waals surface area contributed by atoms with Gasteiger partial charge in [0.05, 0.1) is 0 Å². The molecule has 0 saturated heterocycles. The normalized spacial score (nSPS) is 9.07. The summed E-state index contributed by atoms with van der Waals surface area (Å²) in [5, 5.41) is 5.34. The van der Waals surface area contributed by atoms with Crippen molar-refractivity contribution in [1.82, 2.24) is 0 Å². The van der Waals surface area contributed by atoms with Gasteiger partial charge in [0.15, 0.2) is 0 Å². The number of carbonyl (C=O) groups excluding carboxylic acids is 2. The van der Waals surface area contributed by atoms with Crippen LogP contribution in [-0.2, 0) is 9.59 Å². The number of aryl methyl sites for hydroxylation is 1. The fourth-order valence-electron chi connectivity index (χ4n) is 2.20. The highest BCUT2D eigenvalue weighted by molar-refractivity contribution is 5.90. The van der Waals surface area contributed by atoms with Crippen LogP contribution in [0.5, 0.6) is 11.5 Å². The van der Waals surface area contributed by atoms with E-state index in [1.807, 2.05) is 107 Å². The summed E-state index contributed by atoms with van der Waals surface area (Å²) >= 11 is 0. The third-order valence-corrected chi connectivity index (χ3v) is 3.72. The smallest absolute Gasteiger partial charge is 0.224 e. The van der Waals surface area contributed by atoms with E-state index in [0.29, 0.717) is 12.8 Å². The summed E-state index contributed by atoms with van der Waals surface area (Å²) in [5.41, 5.74) is 2.80.